The van der Waals surface area contributed by atoms with Gasteiger partial charge in [0.2, 0.25) is 0 Å². The van der Waals surface area contributed by atoms with Crippen LogP contribution in [0.25, 0.3) is 88.8 Å². The van der Waals surface area contributed by atoms with Crippen LogP contribution in [-0.2, 0) is 5.41 Å². The lowest BCUT2D eigenvalue weighted by molar-refractivity contribution is 0.664. The second-order valence-electron chi connectivity index (χ2n) is 17.5. The third-order valence-corrected chi connectivity index (χ3v) is 13.6. The van der Waals surface area contributed by atoms with Crippen LogP contribution in [0.3, 0.4) is 0 Å². The van der Waals surface area contributed by atoms with Crippen molar-refractivity contribution in [2.24, 2.45) is 11.8 Å². The molecule has 2 unspecified atom stereocenters. The van der Waals surface area contributed by atoms with E-state index < -0.39 is 0 Å². The fourth-order valence-electron chi connectivity index (χ4n) is 10.5. The molecule has 0 amide bonds. The highest BCUT2D eigenvalue weighted by Crippen LogP contribution is 2.53. The highest BCUT2D eigenvalue weighted by Gasteiger charge is 2.38. The molecule has 63 heavy (non-hydrogen) atoms. The largest absolute Gasteiger partial charge is 0.264 e. The summed E-state index contributed by atoms with van der Waals surface area (Å²) in [5, 5.41) is 5.03. The van der Waals surface area contributed by atoms with Crippen LogP contribution in [-0.4, -0.2) is 15.0 Å². The van der Waals surface area contributed by atoms with Crippen molar-refractivity contribution in [2.75, 3.05) is 0 Å². The van der Waals surface area contributed by atoms with Gasteiger partial charge in [-0.1, -0.05) is 196 Å². The molecule has 9 aromatic rings. The first-order chi connectivity index (χ1) is 31.0. The Morgan fingerprint density at radius 2 is 1.06 bits per heavy atom. The Kier molecular flexibility index (Phi) is 8.65. The van der Waals surface area contributed by atoms with Gasteiger partial charge in [-0.05, 0) is 95.4 Å². The fraction of sp³-hybridized carbons (Fsp3) is 0.0833. The first kappa shape index (κ1) is 37.0. The molecule has 3 aliphatic carbocycles. The van der Waals surface area contributed by atoms with Gasteiger partial charge in [0.15, 0.2) is 5.82 Å². The maximum absolute atomic E-state index is 5.27. The van der Waals surface area contributed by atoms with Crippen molar-refractivity contribution in [1.29, 1.82) is 0 Å². The molecule has 3 nitrogen and oxygen atoms in total. The van der Waals surface area contributed by atoms with Gasteiger partial charge >= 0.3 is 0 Å². The molecular formula is C60H43N3. The highest BCUT2D eigenvalue weighted by atomic mass is 14.9. The minimum Gasteiger partial charge on any atom is -0.264 e. The maximum Gasteiger partial charge on any atom is 0.160 e. The minimum absolute atomic E-state index is 0.114. The standard InChI is InChI=1S/C60H43N3/c1-60(2)55-35-42(27-28-52(55)54-29-26-39-13-6-7-17-45(39)58(54)60)44-30-31-50(47-19-9-8-18-46(44)47)51-32-33-53(49-21-11-10-20-48(49)51)57-36-56(62-59(63-57)41-14-4-3-5-15-41)40-24-22-38(23-25-40)43-16-12-34-61-37-43/h3-37,46-47H,1-2H3. The fourth-order valence-corrected chi connectivity index (χ4v) is 10.5. The lowest BCUT2D eigenvalue weighted by atomic mass is 9.70. The first-order valence-corrected chi connectivity index (χ1v) is 21.9. The predicted molar refractivity (Wildman–Crippen MR) is 262 cm³/mol. The van der Waals surface area contributed by atoms with Gasteiger partial charge in [0.25, 0.3) is 0 Å². The normalized spacial score (nSPS) is 16.9. The van der Waals surface area contributed by atoms with E-state index in [1.54, 1.807) is 6.20 Å². The second kappa shape index (κ2) is 14.7. The Balaban J connectivity index is 0.951. The maximum atomic E-state index is 5.27. The summed E-state index contributed by atoms with van der Waals surface area (Å²) < 4.78 is 0. The summed E-state index contributed by atoms with van der Waals surface area (Å²) in [5.41, 5.74) is 17.8. The lowest BCUT2D eigenvalue weighted by Gasteiger charge is -2.33. The topological polar surface area (TPSA) is 38.7 Å². The minimum atomic E-state index is -0.114. The van der Waals surface area contributed by atoms with Gasteiger partial charge in [0.05, 0.1) is 11.4 Å². The molecule has 0 aliphatic heterocycles. The summed E-state index contributed by atoms with van der Waals surface area (Å²) in [6.45, 7) is 4.79. The molecule has 2 atom stereocenters. The molecular weight excluding hydrogens is 763 g/mol. The van der Waals surface area contributed by atoms with E-state index in [0.29, 0.717) is 5.82 Å². The number of rotatable bonds is 6. The van der Waals surface area contributed by atoms with E-state index in [2.05, 4.69) is 195 Å². The van der Waals surface area contributed by atoms with Crippen molar-refractivity contribution >= 4 is 32.7 Å². The van der Waals surface area contributed by atoms with E-state index in [4.69, 9.17) is 9.97 Å². The highest BCUT2D eigenvalue weighted by molar-refractivity contribution is 6.04. The summed E-state index contributed by atoms with van der Waals surface area (Å²) in [6.07, 6.45) is 17.7. The Labute approximate surface area is 368 Å². The van der Waals surface area contributed by atoms with E-state index in [1.165, 1.54) is 66.1 Å². The van der Waals surface area contributed by atoms with Gasteiger partial charge in [-0.25, -0.2) is 9.97 Å². The van der Waals surface area contributed by atoms with Gasteiger partial charge < -0.3 is 0 Å². The Morgan fingerprint density at radius 3 is 1.86 bits per heavy atom. The second-order valence-corrected chi connectivity index (χ2v) is 17.5. The molecule has 12 rings (SSSR count). The molecule has 298 valence electrons. The number of pyridine rings is 1. The zero-order chi connectivity index (χ0) is 42.1. The quantitative estimate of drug-likeness (QED) is 0.168. The Hall–Kier alpha value is -7.75. The van der Waals surface area contributed by atoms with E-state index >= 15 is 0 Å². The van der Waals surface area contributed by atoms with Crippen molar-refractivity contribution in [2.45, 2.75) is 19.3 Å². The molecule has 0 radical (unpaired) electrons. The molecule has 0 bridgehead atoms. The summed E-state index contributed by atoms with van der Waals surface area (Å²) >= 11 is 0. The van der Waals surface area contributed by atoms with E-state index in [9.17, 15) is 0 Å². The Bertz CT molecular complexity index is 3410. The number of fused-ring (bicyclic) bond motifs is 7. The predicted octanol–water partition coefficient (Wildman–Crippen LogP) is 15.0. The summed E-state index contributed by atoms with van der Waals surface area (Å²) in [5.74, 6) is 1.10. The van der Waals surface area contributed by atoms with E-state index in [1.807, 2.05) is 30.5 Å². The van der Waals surface area contributed by atoms with Crippen molar-refractivity contribution in [3.05, 3.63) is 235 Å². The molecule has 0 N–H and O–H groups in total. The zero-order valence-electron chi connectivity index (χ0n) is 35.2. The van der Waals surface area contributed by atoms with Crippen LogP contribution in [0.15, 0.2) is 213 Å². The molecule has 7 aromatic carbocycles. The summed E-state index contributed by atoms with van der Waals surface area (Å²) in [6, 6.07) is 59.1. The molecule has 0 saturated carbocycles. The molecule has 0 saturated heterocycles. The van der Waals surface area contributed by atoms with Crippen molar-refractivity contribution in [3.63, 3.8) is 0 Å². The molecule has 2 heterocycles. The van der Waals surface area contributed by atoms with Crippen LogP contribution in [0.2, 0.25) is 0 Å². The van der Waals surface area contributed by atoms with Crippen LogP contribution < -0.4 is 0 Å². The van der Waals surface area contributed by atoms with Crippen LogP contribution in [0.1, 0.15) is 36.1 Å². The van der Waals surface area contributed by atoms with Crippen LogP contribution >= 0.6 is 0 Å². The van der Waals surface area contributed by atoms with Crippen LogP contribution in [0, 0.1) is 11.8 Å². The molecule has 3 heteroatoms. The average molecular weight is 806 g/mol. The first-order valence-electron chi connectivity index (χ1n) is 21.9. The molecule has 2 aromatic heterocycles. The molecule has 0 spiro atoms. The molecule has 3 aliphatic rings. The monoisotopic (exact) mass is 805 g/mol. The number of hydrogen-bond donors (Lipinski definition) is 0. The van der Waals surface area contributed by atoms with Crippen molar-refractivity contribution < 1.29 is 0 Å². The summed E-state index contributed by atoms with van der Waals surface area (Å²) in [4.78, 5) is 14.7. The van der Waals surface area contributed by atoms with Gasteiger partial charge in [-0.15, -0.1) is 0 Å². The number of nitrogens with zero attached hydrogens (tertiary/aromatic N) is 3. The third-order valence-electron chi connectivity index (χ3n) is 13.6. The summed E-state index contributed by atoms with van der Waals surface area (Å²) in [7, 11) is 0. The number of aromatic nitrogens is 3. The Morgan fingerprint density at radius 1 is 0.444 bits per heavy atom. The number of allylic oxidation sites excluding steroid dienone is 8. The number of benzene rings is 7. The molecule has 0 fully saturated rings. The van der Waals surface area contributed by atoms with Crippen LogP contribution in [0.5, 0.6) is 0 Å². The van der Waals surface area contributed by atoms with E-state index in [-0.39, 0.29) is 17.3 Å². The van der Waals surface area contributed by atoms with Crippen molar-refractivity contribution in [1.82, 2.24) is 15.0 Å². The van der Waals surface area contributed by atoms with Gasteiger partial charge in [-0.2, -0.15) is 0 Å². The number of hydrogen-bond acceptors (Lipinski definition) is 3. The van der Waals surface area contributed by atoms with Gasteiger partial charge in [-0.3, -0.25) is 4.98 Å². The smallest absolute Gasteiger partial charge is 0.160 e. The third kappa shape index (κ3) is 6.14. The average Bonchev–Trinajstić information content (AvgIpc) is 3.59. The van der Waals surface area contributed by atoms with Gasteiger partial charge in [0.1, 0.15) is 0 Å². The lowest BCUT2D eigenvalue weighted by Crippen LogP contribution is -2.20. The van der Waals surface area contributed by atoms with Crippen molar-refractivity contribution in [3.8, 4) is 56.2 Å². The van der Waals surface area contributed by atoms with Crippen LogP contribution in [0.4, 0.5) is 0 Å². The zero-order valence-corrected chi connectivity index (χ0v) is 35.2. The van der Waals surface area contributed by atoms with Gasteiger partial charge in [0, 0.05) is 46.3 Å². The van der Waals surface area contributed by atoms with E-state index in [0.717, 1.165) is 39.2 Å². The SMILES string of the molecule is CC1(C)c2cc(C3=CC=C(c4ccc(-c5cc(-c6ccc(-c7cccnc7)cc6)nc(-c6ccccc6)n5)c5ccccc45)C4C=CC=CC34)ccc2-c2ccc3ccccc3c21.